The zero-order valence-corrected chi connectivity index (χ0v) is 10.8. The lowest BCUT2D eigenvalue weighted by molar-refractivity contribution is -0.119. The molecule has 1 heterocycles. The van der Waals surface area contributed by atoms with Crippen molar-refractivity contribution in [2.24, 2.45) is 0 Å². The highest BCUT2D eigenvalue weighted by Gasteiger charge is 2.19. The number of hydrogen-bond donors (Lipinski definition) is 0. The Morgan fingerprint density at radius 2 is 2.05 bits per heavy atom. The average Bonchev–Trinajstić information content (AvgIpc) is 2.71. The topological polar surface area (TPSA) is 78.5 Å². The van der Waals surface area contributed by atoms with E-state index in [1.165, 1.54) is 30.7 Å². The summed E-state index contributed by atoms with van der Waals surface area (Å²) < 4.78 is 10.9. The molecular weight excluding hydrogens is 250 g/mol. The fourth-order valence-corrected chi connectivity index (χ4v) is 1.83. The Morgan fingerprint density at radius 3 is 2.63 bits per heavy atom. The van der Waals surface area contributed by atoms with Crippen molar-refractivity contribution in [3.63, 3.8) is 0 Å². The van der Waals surface area contributed by atoms with Crippen molar-refractivity contribution in [3.05, 3.63) is 34.3 Å². The summed E-state index contributed by atoms with van der Waals surface area (Å²) in [5.41, 5.74) is 1.01. The standard InChI is InChI=1S/C13H13NO5/c1-7(8(2)15)14-10-5-4-9(12(16)18-3)6-11(10)19-13(14)17/h4-7H,1-3H3. The van der Waals surface area contributed by atoms with E-state index in [9.17, 15) is 14.4 Å². The number of rotatable bonds is 3. The van der Waals surface area contributed by atoms with Crippen LogP contribution in [0.2, 0.25) is 0 Å². The molecule has 0 bridgehead atoms. The predicted octanol–water partition coefficient (Wildman–Crippen LogP) is 1.53. The van der Waals surface area contributed by atoms with Crippen LogP contribution in [0, 0.1) is 0 Å². The van der Waals surface area contributed by atoms with Gasteiger partial charge < -0.3 is 9.15 Å². The number of fused-ring (bicyclic) bond motifs is 1. The zero-order chi connectivity index (χ0) is 14.2. The number of aromatic nitrogens is 1. The van der Waals surface area contributed by atoms with Crippen molar-refractivity contribution in [1.29, 1.82) is 0 Å². The van der Waals surface area contributed by atoms with Gasteiger partial charge in [-0.1, -0.05) is 0 Å². The highest BCUT2D eigenvalue weighted by Crippen LogP contribution is 2.19. The van der Waals surface area contributed by atoms with E-state index >= 15 is 0 Å². The second kappa shape index (κ2) is 4.72. The monoisotopic (exact) mass is 263 g/mol. The molecule has 2 aromatic rings. The molecule has 1 unspecified atom stereocenters. The lowest BCUT2D eigenvalue weighted by atomic mass is 10.2. The second-order valence-corrected chi connectivity index (χ2v) is 4.20. The smallest absolute Gasteiger partial charge is 0.420 e. The number of esters is 1. The lowest BCUT2D eigenvalue weighted by Gasteiger charge is -2.08. The first-order valence-corrected chi connectivity index (χ1v) is 5.69. The van der Waals surface area contributed by atoms with E-state index in [0.717, 1.165) is 0 Å². The van der Waals surface area contributed by atoms with E-state index < -0.39 is 17.8 Å². The third-order valence-electron chi connectivity index (χ3n) is 3.01. The summed E-state index contributed by atoms with van der Waals surface area (Å²) in [4.78, 5) is 34.5. The molecule has 19 heavy (non-hydrogen) atoms. The summed E-state index contributed by atoms with van der Waals surface area (Å²) in [5.74, 6) is -1.29. The van der Waals surface area contributed by atoms with Crippen LogP contribution in [0.1, 0.15) is 30.2 Å². The highest BCUT2D eigenvalue weighted by atomic mass is 16.5. The molecular formula is C13H13NO5. The van der Waals surface area contributed by atoms with Gasteiger partial charge in [-0.25, -0.2) is 9.59 Å². The van der Waals surface area contributed by atoms with Crippen LogP contribution in [0.25, 0.3) is 11.1 Å². The van der Waals surface area contributed by atoms with E-state index in [0.29, 0.717) is 5.52 Å². The Kier molecular flexibility index (Phi) is 3.25. The van der Waals surface area contributed by atoms with Crippen molar-refractivity contribution < 1.29 is 18.7 Å². The maximum Gasteiger partial charge on any atom is 0.420 e. The molecule has 6 heteroatoms. The van der Waals surface area contributed by atoms with Crippen LogP contribution in [0.5, 0.6) is 0 Å². The number of Topliss-reactive ketones (excluding diaryl/α,β-unsaturated/α-hetero) is 1. The fraction of sp³-hybridized carbons (Fsp3) is 0.308. The SMILES string of the molecule is COC(=O)c1ccc2c(c1)oc(=O)n2C(C)C(C)=O. The third-order valence-corrected chi connectivity index (χ3v) is 3.01. The predicted molar refractivity (Wildman–Crippen MR) is 67.2 cm³/mol. The molecule has 100 valence electrons. The summed E-state index contributed by atoms with van der Waals surface area (Å²) in [6, 6.07) is 3.89. The maximum absolute atomic E-state index is 11.8. The molecule has 1 aromatic heterocycles. The molecule has 6 nitrogen and oxygen atoms in total. The van der Waals surface area contributed by atoms with Gasteiger partial charge in [0.25, 0.3) is 0 Å². The Bertz CT molecular complexity index is 709. The van der Waals surface area contributed by atoms with E-state index in [2.05, 4.69) is 4.74 Å². The van der Waals surface area contributed by atoms with Gasteiger partial charge in [0.15, 0.2) is 11.4 Å². The van der Waals surface area contributed by atoms with E-state index in [1.807, 2.05) is 0 Å². The summed E-state index contributed by atoms with van der Waals surface area (Å²) in [5, 5.41) is 0. The number of ether oxygens (including phenoxy) is 1. The number of ketones is 1. The molecule has 0 saturated carbocycles. The molecule has 0 amide bonds. The molecule has 2 rings (SSSR count). The number of carbonyl (C=O) groups excluding carboxylic acids is 2. The number of nitrogens with zero attached hydrogens (tertiary/aromatic N) is 1. The Balaban J connectivity index is 2.64. The number of methoxy groups -OCH3 is 1. The minimum Gasteiger partial charge on any atom is -0.465 e. The Labute approximate surface area is 108 Å². The number of hydrogen-bond acceptors (Lipinski definition) is 5. The van der Waals surface area contributed by atoms with Crippen LogP contribution in [0.4, 0.5) is 0 Å². The normalized spacial score (nSPS) is 12.4. The van der Waals surface area contributed by atoms with Gasteiger partial charge in [0, 0.05) is 0 Å². The molecule has 0 aliphatic carbocycles. The van der Waals surface area contributed by atoms with Crippen molar-refractivity contribution in [2.75, 3.05) is 7.11 Å². The first-order valence-electron chi connectivity index (χ1n) is 5.69. The Hall–Kier alpha value is -2.37. The van der Waals surface area contributed by atoms with Crippen molar-refractivity contribution in [1.82, 2.24) is 4.57 Å². The number of carbonyl (C=O) groups is 2. The third kappa shape index (κ3) is 2.16. The van der Waals surface area contributed by atoms with Gasteiger partial charge in [-0.15, -0.1) is 0 Å². The van der Waals surface area contributed by atoms with Gasteiger partial charge in [0.05, 0.1) is 24.2 Å². The van der Waals surface area contributed by atoms with E-state index in [-0.39, 0.29) is 16.9 Å². The maximum atomic E-state index is 11.8. The van der Waals surface area contributed by atoms with Crippen molar-refractivity contribution in [3.8, 4) is 0 Å². The fourth-order valence-electron chi connectivity index (χ4n) is 1.83. The molecule has 0 aliphatic heterocycles. The minimum atomic E-state index is -0.625. The van der Waals surface area contributed by atoms with Crippen LogP contribution in [0.15, 0.2) is 27.4 Å². The molecule has 0 fully saturated rings. The quantitative estimate of drug-likeness (QED) is 0.785. The van der Waals surface area contributed by atoms with Gasteiger partial charge in [0.2, 0.25) is 0 Å². The van der Waals surface area contributed by atoms with Gasteiger partial charge in [-0.3, -0.25) is 9.36 Å². The van der Waals surface area contributed by atoms with Crippen LogP contribution in [-0.4, -0.2) is 23.4 Å². The molecule has 0 saturated heterocycles. The summed E-state index contributed by atoms with van der Waals surface area (Å²) in [6.45, 7) is 3.02. The van der Waals surface area contributed by atoms with Crippen LogP contribution < -0.4 is 5.76 Å². The van der Waals surface area contributed by atoms with Gasteiger partial charge in [0.1, 0.15) is 0 Å². The molecule has 1 atom stereocenters. The van der Waals surface area contributed by atoms with Crippen LogP contribution in [-0.2, 0) is 9.53 Å². The largest absolute Gasteiger partial charge is 0.465 e. The van der Waals surface area contributed by atoms with E-state index in [1.54, 1.807) is 13.0 Å². The van der Waals surface area contributed by atoms with Crippen molar-refractivity contribution in [2.45, 2.75) is 19.9 Å². The number of benzene rings is 1. The van der Waals surface area contributed by atoms with Crippen LogP contribution >= 0.6 is 0 Å². The minimum absolute atomic E-state index is 0.151. The zero-order valence-electron chi connectivity index (χ0n) is 10.8. The first-order chi connectivity index (χ1) is 8.95. The summed E-state index contributed by atoms with van der Waals surface area (Å²) in [7, 11) is 1.27. The van der Waals surface area contributed by atoms with Crippen LogP contribution in [0.3, 0.4) is 0 Å². The molecule has 0 aliphatic rings. The Morgan fingerprint density at radius 1 is 1.37 bits per heavy atom. The first kappa shape index (κ1) is 13.1. The summed E-state index contributed by atoms with van der Waals surface area (Å²) in [6.07, 6.45) is 0. The average molecular weight is 263 g/mol. The number of oxazole rings is 1. The molecule has 0 N–H and O–H groups in total. The lowest BCUT2D eigenvalue weighted by Crippen LogP contribution is -2.23. The van der Waals surface area contributed by atoms with Crippen molar-refractivity contribution >= 4 is 22.9 Å². The molecule has 1 aromatic carbocycles. The highest BCUT2D eigenvalue weighted by molar-refractivity contribution is 5.93. The van der Waals surface area contributed by atoms with E-state index in [4.69, 9.17) is 4.42 Å². The second-order valence-electron chi connectivity index (χ2n) is 4.20. The molecule has 0 radical (unpaired) electrons. The summed E-state index contributed by atoms with van der Waals surface area (Å²) >= 11 is 0. The molecule has 0 spiro atoms. The van der Waals surface area contributed by atoms with Gasteiger partial charge >= 0.3 is 11.7 Å². The van der Waals surface area contributed by atoms with Gasteiger partial charge in [-0.05, 0) is 32.0 Å². The van der Waals surface area contributed by atoms with Gasteiger partial charge in [-0.2, -0.15) is 0 Å².